The summed E-state index contributed by atoms with van der Waals surface area (Å²) in [5.74, 6) is -0.535. The number of rotatable bonds is 1. The lowest BCUT2D eigenvalue weighted by Crippen LogP contribution is -2.35. The van der Waals surface area contributed by atoms with Crippen molar-refractivity contribution in [3.05, 3.63) is 41.5 Å². The van der Waals surface area contributed by atoms with Gasteiger partial charge in [0.05, 0.1) is 28.1 Å². The summed E-state index contributed by atoms with van der Waals surface area (Å²) in [6.45, 7) is 0. The molecule has 2 bridgehead atoms. The Morgan fingerprint density at radius 1 is 1.20 bits per heavy atom. The van der Waals surface area contributed by atoms with Crippen LogP contribution in [0.25, 0.3) is 0 Å². The minimum absolute atomic E-state index is 0.0124. The molecule has 3 aliphatic rings. The van der Waals surface area contributed by atoms with E-state index in [-0.39, 0.29) is 17.5 Å². The number of allylic oxidation sites excluding steroid dienone is 2. The van der Waals surface area contributed by atoms with E-state index >= 15 is 0 Å². The van der Waals surface area contributed by atoms with Crippen LogP contribution in [0.4, 0.5) is 18.9 Å². The average Bonchev–Trinajstić information content (AvgIpc) is 3.19. The molecule has 25 heavy (non-hydrogen) atoms. The van der Waals surface area contributed by atoms with E-state index in [9.17, 15) is 27.4 Å². The first-order valence-corrected chi connectivity index (χ1v) is 9.27. The third-order valence-corrected chi connectivity index (χ3v) is 7.77. The molecule has 0 radical (unpaired) electrons. The van der Waals surface area contributed by atoms with E-state index in [0.29, 0.717) is 6.07 Å². The summed E-state index contributed by atoms with van der Waals surface area (Å²) in [4.78, 5) is 0. The summed E-state index contributed by atoms with van der Waals surface area (Å²) in [6, 6.07) is 4.38. The van der Waals surface area contributed by atoms with Gasteiger partial charge in [-0.1, -0.05) is 12.2 Å². The highest BCUT2D eigenvalue weighted by Gasteiger charge is 2.62. The minimum Gasteiger partial charge on any atom is -0.372 e. The third kappa shape index (κ3) is 2.22. The van der Waals surface area contributed by atoms with Gasteiger partial charge in [0.25, 0.3) is 0 Å². The third-order valence-electron chi connectivity index (χ3n) is 5.37. The number of benzene rings is 1. The molecule has 0 spiro atoms. The normalized spacial score (nSPS) is 36.4. The fraction of sp³-hybridized carbons (Fsp3) is 0.438. The molecule has 2 fully saturated rings. The zero-order valence-electron chi connectivity index (χ0n) is 12.8. The summed E-state index contributed by atoms with van der Waals surface area (Å²) in [5, 5.41) is 18.9. The molecule has 4 rings (SSSR count). The number of hydrogen-bond acceptors (Lipinski definition) is 5. The quantitative estimate of drug-likeness (QED) is 0.656. The van der Waals surface area contributed by atoms with Crippen LogP contribution in [0, 0.1) is 29.1 Å². The standard InChI is InChI=1S/C16H15F3N2O3S/c17-16(18,19)12-6-11(4-3-10(12)7-20)21-15(22)13-8-1-2-9(5-8)14(13)25(21,23)24/h1-4,6,8-9,13-15,22-24H,5H2/t8-,9+,13-,14+,15?/m0/s1. The Bertz CT molecular complexity index is 805. The van der Waals surface area contributed by atoms with Crippen molar-refractivity contribution in [1.82, 2.24) is 0 Å². The Morgan fingerprint density at radius 2 is 1.88 bits per heavy atom. The van der Waals surface area contributed by atoms with Crippen molar-refractivity contribution in [3.63, 3.8) is 0 Å². The van der Waals surface area contributed by atoms with Gasteiger partial charge in [0, 0.05) is 5.92 Å². The van der Waals surface area contributed by atoms with Crippen LogP contribution in [0.15, 0.2) is 30.4 Å². The van der Waals surface area contributed by atoms with Crippen LogP contribution >= 0.6 is 10.8 Å². The number of aliphatic hydroxyl groups excluding tert-OH is 1. The fourth-order valence-corrected chi connectivity index (χ4v) is 6.99. The van der Waals surface area contributed by atoms with E-state index in [1.807, 2.05) is 12.2 Å². The number of nitrogens with zero attached hydrogens (tertiary/aromatic N) is 2. The van der Waals surface area contributed by atoms with Crippen molar-refractivity contribution in [2.45, 2.75) is 24.1 Å². The Labute approximate surface area is 143 Å². The van der Waals surface area contributed by atoms with Gasteiger partial charge in [-0.05, 0) is 36.5 Å². The van der Waals surface area contributed by atoms with Gasteiger partial charge >= 0.3 is 6.18 Å². The summed E-state index contributed by atoms with van der Waals surface area (Å²) in [5.41, 5.74) is -1.86. The highest BCUT2D eigenvalue weighted by atomic mass is 32.3. The molecule has 9 heteroatoms. The summed E-state index contributed by atoms with van der Waals surface area (Å²) in [6.07, 6.45) is -1.52. The molecular weight excluding hydrogens is 357 g/mol. The zero-order chi connectivity index (χ0) is 18.1. The average molecular weight is 372 g/mol. The Morgan fingerprint density at radius 3 is 2.48 bits per heavy atom. The van der Waals surface area contributed by atoms with Crippen LogP contribution in [0.1, 0.15) is 17.5 Å². The van der Waals surface area contributed by atoms with Crippen molar-refractivity contribution < 1.29 is 27.4 Å². The second-order valence-corrected chi connectivity index (χ2v) is 8.69. The van der Waals surface area contributed by atoms with Crippen LogP contribution in [-0.4, -0.2) is 25.7 Å². The van der Waals surface area contributed by atoms with Crippen molar-refractivity contribution in [2.75, 3.05) is 4.31 Å². The predicted molar refractivity (Wildman–Crippen MR) is 85.5 cm³/mol. The van der Waals surface area contributed by atoms with Gasteiger partial charge in [0.1, 0.15) is 0 Å². The number of halogens is 3. The molecule has 3 N–H and O–H groups in total. The van der Waals surface area contributed by atoms with Crippen LogP contribution < -0.4 is 4.31 Å². The monoisotopic (exact) mass is 372 g/mol. The van der Waals surface area contributed by atoms with Crippen LogP contribution in [0.3, 0.4) is 0 Å². The predicted octanol–water partition coefficient (Wildman–Crippen LogP) is 3.57. The lowest BCUT2D eigenvalue weighted by Gasteiger charge is -2.44. The maximum atomic E-state index is 13.2. The molecule has 0 amide bonds. The molecule has 1 unspecified atom stereocenters. The lowest BCUT2D eigenvalue weighted by molar-refractivity contribution is -0.137. The molecule has 134 valence electrons. The van der Waals surface area contributed by atoms with Gasteiger partial charge in [-0.15, -0.1) is 10.8 Å². The number of alkyl halides is 3. The van der Waals surface area contributed by atoms with Gasteiger partial charge in [-0.2, -0.15) is 18.4 Å². The van der Waals surface area contributed by atoms with E-state index in [1.54, 1.807) is 0 Å². The molecule has 1 aliphatic heterocycles. The SMILES string of the molecule is N#Cc1ccc(N2C(O)[C@@H]3[C@@H]([C@@H]4C=C[C@H]3C4)S2(O)O)cc1C(F)(F)F. The van der Waals surface area contributed by atoms with Gasteiger partial charge in [0.15, 0.2) is 6.23 Å². The van der Waals surface area contributed by atoms with Crippen molar-refractivity contribution in [1.29, 1.82) is 5.26 Å². The smallest absolute Gasteiger partial charge is 0.372 e. The van der Waals surface area contributed by atoms with Crippen LogP contribution in [-0.2, 0) is 6.18 Å². The molecule has 1 saturated heterocycles. The van der Waals surface area contributed by atoms with E-state index in [0.717, 1.165) is 16.8 Å². The molecule has 1 aromatic rings. The molecule has 5 atom stereocenters. The van der Waals surface area contributed by atoms with Gasteiger partial charge in [0.2, 0.25) is 0 Å². The molecule has 2 aliphatic carbocycles. The van der Waals surface area contributed by atoms with Crippen LogP contribution in [0.2, 0.25) is 0 Å². The zero-order valence-corrected chi connectivity index (χ0v) is 13.6. The Kier molecular flexibility index (Phi) is 3.44. The maximum absolute atomic E-state index is 13.2. The molecular formula is C16H15F3N2O3S. The summed E-state index contributed by atoms with van der Waals surface area (Å²) in [7, 11) is -3.50. The highest BCUT2D eigenvalue weighted by Crippen LogP contribution is 2.69. The molecule has 5 nitrogen and oxygen atoms in total. The largest absolute Gasteiger partial charge is 0.417 e. The van der Waals surface area contributed by atoms with Gasteiger partial charge < -0.3 is 5.11 Å². The number of aliphatic hydroxyl groups is 1. The fourth-order valence-electron chi connectivity index (χ4n) is 4.41. The first-order chi connectivity index (χ1) is 11.7. The second kappa shape index (κ2) is 5.14. The summed E-state index contributed by atoms with van der Waals surface area (Å²) < 4.78 is 61.9. The summed E-state index contributed by atoms with van der Waals surface area (Å²) >= 11 is 0. The van der Waals surface area contributed by atoms with E-state index < -0.39 is 45.5 Å². The minimum atomic E-state index is -4.76. The second-order valence-electron chi connectivity index (χ2n) is 6.63. The van der Waals surface area contributed by atoms with Gasteiger partial charge in [-0.3, -0.25) is 9.11 Å². The van der Waals surface area contributed by atoms with E-state index in [2.05, 4.69) is 0 Å². The highest BCUT2D eigenvalue weighted by molar-refractivity contribution is 8.26. The first kappa shape index (κ1) is 16.7. The van der Waals surface area contributed by atoms with Gasteiger partial charge in [-0.25, -0.2) is 4.31 Å². The van der Waals surface area contributed by atoms with Crippen LogP contribution in [0.5, 0.6) is 0 Å². The van der Waals surface area contributed by atoms with E-state index in [4.69, 9.17) is 5.26 Å². The number of hydrogen-bond donors (Lipinski definition) is 3. The van der Waals surface area contributed by atoms with Crippen molar-refractivity contribution in [2.24, 2.45) is 17.8 Å². The first-order valence-electron chi connectivity index (χ1n) is 7.70. The topological polar surface area (TPSA) is 87.7 Å². The molecule has 1 heterocycles. The lowest BCUT2D eigenvalue weighted by atomic mass is 9.91. The Balaban J connectivity index is 1.79. The molecule has 1 saturated carbocycles. The molecule has 1 aromatic carbocycles. The maximum Gasteiger partial charge on any atom is 0.417 e. The number of nitriles is 1. The molecule has 0 aromatic heterocycles. The number of anilines is 1. The van der Waals surface area contributed by atoms with Crippen molar-refractivity contribution in [3.8, 4) is 6.07 Å². The Hall–Kier alpha value is -1.73. The number of fused-ring (bicyclic) bond motifs is 5. The van der Waals surface area contributed by atoms with E-state index in [1.165, 1.54) is 12.1 Å². The van der Waals surface area contributed by atoms with Crippen molar-refractivity contribution >= 4 is 16.5 Å².